The minimum Gasteiger partial charge on any atom is -0.481 e. The Kier molecular flexibility index (Phi) is 5.60. The third kappa shape index (κ3) is 4.16. The van der Waals surface area contributed by atoms with Crippen LogP contribution in [0.3, 0.4) is 0 Å². The lowest BCUT2D eigenvalue weighted by Gasteiger charge is -2.22. The van der Waals surface area contributed by atoms with Crippen molar-refractivity contribution < 1.29 is 23.1 Å². The normalized spacial score (nSPS) is 12.7. The second-order valence-corrected chi connectivity index (χ2v) is 6.11. The van der Waals surface area contributed by atoms with E-state index in [2.05, 4.69) is 5.10 Å². The van der Waals surface area contributed by atoms with Crippen LogP contribution in [-0.4, -0.2) is 34.4 Å². The van der Waals surface area contributed by atoms with Crippen molar-refractivity contribution in [3.63, 3.8) is 0 Å². The number of rotatable bonds is 5. The highest BCUT2D eigenvalue weighted by Gasteiger charge is 2.30. The fourth-order valence-electron chi connectivity index (χ4n) is 2.28. The molecule has 1 atom stereocenters. The van der Waals surface area contributed by atoms with Crippen LogP contribution in [0.1, 0.15) is 12.5 Å². The van der Waals surface area contributed by atoms with Crippen molar-refractivity contribution in [3.8, 4) is 5.69 Å². The number of carboxylic acids is 1. The number of nitrogens with zero attached hydrogens (tertiary/aromatic N) is 3. The Hall–Kier alpha value is -2.55. The molecule has 1 aromatic carbocycles. The number of carbonyl (C=O) groups is 1. The Morgan fingerprint density at radius 2 is 2.08 bits per heavy atom. The van der Waals surface area contributed by atoms with Gasteiger partial charge in [0, 0.05) is 13.6 Å². The molecule has 2 aromatic rings. The van der Waals surface area contributed by atoms with Gasteiger partial charge in [-0.3, -0.25) is 9.59 Å². The summed E-state index contributed by atoms with van der Waals surface area (Å²) in [6.07, 6.45) is -3.35. The smallest absolute Gasteiger partial charge is 0.416 e. The Bertz CT molecular complexity index is 883. The molecule has 0 amide bonds. The molecule has 1 N–H and O–H groups in total. The lowest BCUT2D eigenvalue weighted by Crippen LogP contribution is -2.31. The van der Waals surface area contributed by atoms with E-state index in [1.165, 1.54) is 31.1 Å². The SMILES string of the molecule is CC(CN(C)c1cnn(-c2cccc(C(F)(F)F)c2)c(=O)c1Cl)C(=O)O. The molecule has 0 bridgehead atoms. The molecule has 1 heterocycles. The number of halogens is 4. The fraction of sp³-hybridized carbons (Fsp3) is 0.312. The molecule has 1 unspecified atom stereocenters. The van der Waals surface area contributed by atoms with E-state index in [-0.39, 0.29) is 22.9 Å². The Balaban J connectivity index is 2.42. The van der Waals surface area contributed by atoms with Crippen LogP contribution in [0, 0.1) is 5.92 Å². The molecule has 0 aliphatic heterocycles. The molecule has 140 valence electrons. The van der Waals surface area contributed by atoms with E-state index in [0.717, 1.165) is 22.9 Å². The van der Waals surface area contributed by atoms with Crippen molar-refractivity contribution in [3.05, 3.63) is 51.4 Å². The van der Waals surface area contributed by atoms with Crippen LogP contribution in [-0.2, 0) is 11.0 Å². The topological polar surface area (TPSA) is 75.4 Å². The number of benzene rings is 1. The van der Waals surface area contributed by atoms with E-state index >= 15 is 0 Å². The summed E-state index contributed by atoms with van der Waals surface area (Å²) in [5, 5.41) is 12.6. The highest BCUT2D eigenvalue weighted by molar-refractivity contribution is 6.33. The number of hydrogen-bond acceptors (Lipinski definition) is 4. The third-order valence-electron chi connectivity index (χ3n) is 3.70. The molecule has 0 saturated heterocycles. The van der Waals surface area contributed by atoms with Crippen LogP contribution in [0.15, 0.2) is 35.3 Å². The average Bonchev–Trinajstić information content (AvgIpc) is 2.56. The summed E-state index contributed by atoms with van der Waals surface area (Å²) in [4.78, 5) is 24.8. The van der Waals surface area contributed by atoms with Crippen molar-refractivity contribution in [2.24, 2.45) is 5.92 Å². The highest BCUT2D eigenvalue weighted by atomic mass is 35.5. The van der Waals surface area contributed by atoms with Gasteiger partial charge in [-0.2, -0.15) is 23.0 Å². The van der Waals surface area contributed by atoms with Crippen LogP contribution in [0.25, 0.3) is 5.69 Å². The minimum atomic E-state index is -4.56. The van der Waals surface area contributed by atoms with E-state index in [1.54, 1.807) is 0 Å². The molecule has 0 fully saturated rings. The summed E-state index contributed by atoms with van der Waals surface area (Å²) < 4.78 is 39.3. The van der Waals surface area contributed by atoms with Crippen LogP contribution in [0.5, 0.6) is 0 Å². The van der Waals surface area contributed by atoms with Gasteiger partial charge in [0.05, 0.1) is 29.1 Å². The zero-order chi connectivity index (χ0) is 19.6. The maximum absolute atomic E-state index is 12.8. The fourth-order valence-corrected chi connectivity index (χ4v) is 2.55. The molecule has 2 rings (SSSR count). The zero-order valence-electron chi connectivity index (χ0n) is 13.8. The van der Waals surface area contributed by atoms with Gasteiger partial charge in [-0.15, -0.1) is 0 Å². The second-order valence-electron chi connectivity index (χ2n) is 5.73. The summed E-state index contributed by atoms with van der Waals surface area (Å²) in [6, 6.07) is 4.14. The van der Waals surface area contributed by atoms with Crippen LogP contribution < -0.4 is 10.5 Å². The van der Waals surface area contributed by atoms with Crippen LogP contribution >= 0.6 is 11.6 Å². The monoisotopic (exact) mass is 389 g/mol. The Morgan fingerprint density at radius 1 is 1.42 bits per heavy atom. The molecule has 0 spiro atoms. The predicted molar refractivity (Wildman–Crippen MR) is 89.9 cm³/mol. The lowest BCUT2D eigenvalue weighted by molar-refractivity contribution is -0.141. The van der Waals surface area contributed by atoms with E-state index in [1.807, 2.05) is 0 Å². The second kappa shape index (κ2) is 7.36. The molecular formula is C16H15ClF3N3O3. The Morgan fingerprint density at radius 3 is 2.65 bits per heavy atom. The van der Waals surface area contributed by atoms with Gasteiger partial charge in [-0.25, -0.2) is 0 Å². The molecule has 0 radical (unpaired) electrons. The zero-order valence-corrected chi connectivity index (χ0v) is 14.5. The van der Waals surface area contributed by atoms with Gasteiger partial charge in [0.15, 0.2) is 0 Å². The minimum absolute atomic E-state index is 0.0732. The van der Waals surface area contributed by atoms with Gasteiger partial charge in [-0.1, -0.05) is 24.6 Å². The predicted octanol–water partition coefficient (Wildman–Crippen LogP) is 3.06. The van der Waals surface area contributed by atoms with Gasteiger partial charge in [0.2, 0.25) is 0 Å². The standard InChI is InChI=1S/C16H15ClF3N3O3/c1-9(15(25)26)8-22(2)12-7-21-23(14(24)13(12)17)11-5-3-4-10(6-11)16(18,19)20/h3-7,9H,8H2,1-2H3,(H,25,26). The largest absolute Gasteiger partial charge is 0.481 e. The number of hydrogen-bond donors (Lipinski definition) is 1. The summed E-state index contributed by atoms with van der Waals surface area (Å²) in [5.41, 5.74) is -1.62. The van der Waals surface area contributed by atoms with E-state index in [9.17, 15) is 22.8 Å². The average molecular weight is 390 g/mol. The molecule has 0 aliphatic carbocycles. The number of carboxylic acid groups (broad SMARTS) is 1. The van der Waals surface area contributed by atoms with Gasteiger partial charge < -0.3 is 10.0 Å². The lowest BCUT2D eigenvalue weighted by atomic mass is 10.1. The third-order valence-corrected chi connectivity index (χ3v) is 4.05. The molecule has 10 heteroatoms. The maximum Gasteiger partial charge on any atom is 0.416 e. The maximum atomic E-state index is 12.8. The molecular weight excluding hydrogens is 375 g/mol. The van der Waals surface area contributed by atoms with Gasteiger partial charge in [0.25, 0.3) is 5.56 Å². The first-order valence-electron chi connectivity index (χ1n) is 7.41. The first kappa shape index (κ1) is 19.8. The molecule has 6 nitrogen and oxygen atoms in total. The van der Waals surface area contributed by atoms with Crippen molar-refractivity contribution in [1.82, 2.24) is 9.78 Å². The highest BCUT2D eigenvalue weighted by Crippen LogP contribution is 2.30. The number of aromatic nitrogens is 2. The van der Waals surface area contributed by atoms with Crippen molar-refractivity contribution >= 4 is 23.3 Å². The summed E-state index contributed by atoms with van der Waals surface area (Å²) >= 11 is 6.05. The van der Waals surface area contributed by atoms with Gasteiger partial charge in [0.1, 0.15) is 5.02 Å². The first-order valence-corrected chi connectivity index (χ1v) is 7.79. The van der Waals surface area contributed by atoms with Crippen molar-refractivity contribution in [2.75, 3.05) is 18.5 Å². The first-order chi connectivity index (χ1) is 12.0. The number of aliphatic carboxylic acids is 1. The summed E-state index contributed by atoms with van der Waals surface area (Å²) in [5.74, 6) is -1.74. The summed E-state index contributed by atoms with van der Waals surface area (Å²) in [7, 11) is 1.54. The number of alkyl halides is 3. The van der Waals surface area contributed by atoms with Crippen LogP contribution in [0.4, 0.5) is 18.9 Å². The van der Waals surface area contributed by atoms with Gasteiger partial charge in [-0.05, 0) is 18.2 Å². The van der Waals surface area contributed by atoms with E-state index in [0.29, 0.717) is 0 Å². The quantitative estimate of drug-likeness (QED) is 0.850. The summed E-state index contributed by atoms with van der Waals surface area (Å²) in [6.45, 7) is 1.56. The molecule has 0 saturated carbocycles. The van der Waals surface area contributed by atoms with Gasteiger partial charge >= 0.3 is 12.1 Å². The number of anilines is 1. The van der Waals surface area contributed by atoms with E-state index < -0.39 is 29.2 Å². The van der Waals surface area contributed by atoms with Crippen molar-refractivity contribution in [2.45, 2.75) is 13.1 Å². The van der Waals surface area contributed by atoms with E-state index in [4.69, 9.17) is 16.7 Å². The Labute approximate surface area is 151 Å². The molecule has 26 heavy (non-hydrogen) atoms. The molecule has 0 aliphatic rings. The van der Waals surface area contributed by atoms with Crippen LogP contribution in [0.2, 0.25) is 5.02 Å². The molecule has 1 aromatic heterocycles. The van der Waals surface area contributed by atoms with Crippen molar-refractivity contribution in [1.29, 1.82) is 0 Å².